The molecule has 0 bridgehead atoms. The standard InChI is InChI=1S/C16H30N2S.C15H19NO4/c1-4-5-6-7-8-9-10-11-12-18-16(2,3)15-17-13-14-19-15;17-15(18)13-4-3-12(11-5-7-19-8-6-11)14(16-13)20-9-10-1-2-10/h13-14,18H,4-12H2,1-3H3;3-4,10-11H,1-2,5-9H2,(H,17,18). The number of aromatic carboxylic acids is 1. The van der Waals surface area contributed by atoms with E-state index in [0.29, 0.717) is 24.3 Å². The van der Waals surface area contributed by atoms with Gasteiger partial charge < -0.3 is 19.9 Å². The van der Waals surface area contributed by atoms with Crippen molar-refractivity contribution in [2.24, 2.45) is 5.92 Å². The Morgan fingerprint density at radius 1 is 1.08 bits per heavy atom. The van der Waals surface area contributed by atoms with Crippen LogP contribution in [0.15, 0.2) is 23.7 Å². The lowest BCUT2D eigenvalue weighted by atomic mass is 9.92. The Bertz CT molecular complexity index is 957. The number of carboxylic acid groups (broad SMARTS) is 1. The molecule has 0 spiro atoms. The Labute approximate surface area is 239 Å². The van der Waals surface area contributed by atoms with Gasteiger partial charge in [0.1, 0.15) is 5.01 Å². The number of carboxylic acids is 1. The van der Waals surface area contributed by atoms with Crippen molar-refractivity contribution in [1.29, 1.82) is 0 Å². The summed E-state index contributed by atoms with van der Waals surface area (Å²) in [6.45, 7) is 9.94. The van der Waals surface area contributed by atoms with Crippen LogP contribution in [-0.2, 0) is 10.3 Å². The molecule has 0 amide bonds. The maximum atomic E-state index is 11.1. The average molecular weight is 560 g/mol. The van der Waals surface area contributed by atoms with Crippen LogP contribution >= 0.6 is 11.3 Å². The molecule has 2 fully saturated rings. The minimum Gasteiger partial charge on any atom is -0.477 e. The molecule has 218 valence electrons. The Morgan fingerprint density at radius 2 is 1.77 bits per heavy atom. The van der Waals surface area contributed by atoms with E-state index in [1.807, 2.05) is 12.3 Å². The number of unbranched alkanes of at least 4 members (excludes halogenated alkanes) is 7. The number of hydrogen-bond acceptors (Lipinski definition) is 7. The monoisotopic (exact) mass is 559 g/mol. The SMILES string of the molecule is CCCCCCCCCCNC(C)(C)c1nccs1.O=C(O)c1ccc(C2CCOCC2)c(OCC2CC2)n1. The molecule has 4 rings (SSSR count). The zero-order valence-electron chi connectivity index (χ0n) is 24.3. The summed E-state index contributed by atoms with van der Waals surface area (Å²) >= 11 is 1.74. The second-order valence-electron chi connectivity index (χ2n) is 11.4. The summed E-state index contributed by atoms with van der Waals surface area (Å²) in [5, 5.41) is 15.9. The maximum absolute atomic E-state index is 11.1. The fraction of sp³-hybridized carbons (Fsp3) is 0.710. The smallest absolute Gasteiger partial charge is 0.354 e. The molecular weight excluding hydrogens is 510 g/mol. The molecule has 0 unspecified atom stereocenters. The summed E-state index contributed by atoms with van der Waals surface area (Å²) in [4.78, 5) is 19.6. The topological polar surface area (TPSA) is 93.6 Å². The van der Waals surface area contributed by atoms with Crippen molar-refractivity contribution in [2.45, 2.75) is 109 Å². The van der Waals surface area contributed by atoms with Crippen LogP contribution in [0.25, 0.3) is 0 Å². The number of pyridine rings is 1. The van der Waals surface area contributed by atoms with Crippen molar-refractivity contribution >= 4 is 17.3 Å². The molecule has 8 heteroatoms. The molecule has 1 saturated carbocycles. The molecule has 2 N–H and O–H groups in total. The van der Waals surface area contributed by atoms with Gasteiger partial charge in [-0.3, -0.25) is 0 Å². The van der Waals surface area contributed by atoms with Gasteiger partial charge in [0.2, 0.25) is 5.88 Å². The molecule has 7 nitrogen and oxygen atoms in total. The molecule has 1 aliphatic heterocycles. The highest BCUT2D eigenvalue weighted by Gasteiger charge is 2.26. The number of aromatic nitrogens is 2. The molecule has 1 aliphatic carbocycles. The third-order valence-corrected chi connectivity index (χ3v) is 8.58. The first-order valence-electron chi connectivity index (χ1n) is 15.0. The van der Waals surface area contributed by atoms with E-state index in [1.54, 1.807) is 17.4 Å². The molecule has 0 radical (unpaired) electrons. The van der Waals surface area contributed by atoms with E-state index >= 15 is 0 Å². The van der Waals surface area contributed by atoms with Gasteiger partial charge in [0, 0.05) is 30.4 Å². The number of thiazole rings is 1. The zero-order valence-corrected chi connectivity index (χ0v) is 25.1. The van der Waals surface area contributed by atoms with Crippen LogP contribution in [0.1, 0.15) is 125 Å². The molecule has 2 aromatic heterocycles. The number of nitrogens with one attached hydrogen (secondary N) is 1. The van der Waals surface area contributed by atoms with Crippen LogP contribution < -0.4 is 10.1 Å². The molecule has 39 heavy (non-hydrogen) atoms. The molecule has 0 atom stereocenters. The Kier molecular flexibility index (Phi) is 13.7. The predicted molar refractivity (Wildman–Crippen MR) is 158 cm³/mol. The molecule has 3 heterocycles. The second-order valence-corrected chi connectivity index (χ2v) is 12.3. The third-order valence-electron chi connectivity index (χ3n) is 7.49. The summed E-state index contributed by atoms with van der Waals surface area (Å²) < 4.78 is 11.2. The minimum absolute atomic E-state index is 0.0231. The van der Waals surface area contributed by atoms with E-state index in [0.717, 1.165) is 38.2 Å². The second kappa shape index (κ2) is 16.9. The summed E-state index contributed by atoms with van der Waals surface area (Å²) in [6.07, 6.45) is 17.2. The van der Waals surface area contributed by atoms with Gasteiger partial charge in [0.15, 0.2) is 5.69 Å². The van der Waals surface area contributed by atoms with Gasteiger partial charge in [-0.2, -0.15) is 0 Å². The van der Waals surface area contributed by atoms with Gasteiger partial charge in [-0.1, -0.05) is 57.9 Å². The fourth-order valence-electron chi connectivity index (χ4n) is 4.75. The van der Waals surface area contributed by atoms with E-state index in [4.69, 9.17) is 14.6 Å². The highest BCUT2D eigenvalue weighted by molar-refractivity contribution is 7.09. The van der Waals surface area contributed by atoms with Gasteiger partial charge >= 0.3 is 5.97 Å². The first-order valence-corrected chi connectivity index (χ1v) is 15.9. The number of ether oxygens (including phenoxy) is 2. The zero-order chi connectivity index (χ0) is 27.9. The van der Waals surface area contributed by atoms with Gasteiger partial charge in [-0.05, 0) is 70.4 Å². The van der Waals surface area contributed by atoms with Crippen molar-refractivity contribution in [3.8, 4) is 5.88 Å². The summed E-state index contributed by atoms with van der Waals surface area (Å²) in [7, 11) is 0. The van der Waals surface area contributed by atoms with E-state index in [9.17, 15) is 4.79 Å². The van der Waals surface area contributed by atoms with E-state index in [2.05, 4.69) is 41.4 Å². The summed E-state index contributed by atoms with van der Waals surface area (Å²) in [5.41, 5.74) is 1.10. The summed E-state index contributed by atoms with van der Waals surface area (Å²) in [5.74, 6) is 0.463. The molecular formula is C31H49N3O4S. The van der Waals surface area contributed by atoms with E-state index in [1.165, 1.54) is 69.2 Å². The summed E-state index contributed by atoms with van der Waals surface area (Å²) in [6, 6.07) is 3.42. The lowest BCUT2D eigenvalue weighted by molar-refractivity contribution is 0.0687. The van der Waals surface area contributed by atoms with Crippen molar-refractivity contribution in [1.82, 2.24) is 15.3 Å². The van der Waals surface area contributed by atoms with Crippen molar-refractivity contribution in [3.63, 3.8) is 0 Å². The highest BCUT2D eigenvalue weighted by Crippen LogP contribution is 2.35. The lowest BCUT2D eigenvalue weighted by Gasteiger charge is -2.24. The number of hydrogen-bond donors (Lipinski definition) is 2. The average Bonchev–Trinajstić information content (AvgIpc) is 3.60. The largest absolute Gasteiger partial charge is 0.477 e. The van der Waals surface area contributed by atoms with Gasteiger partial charge in [-0.25, -0.2) is 14.8 Å². The molecule has 0 aromatic carbocycles. The minimum atomic E-state index is -1.01. The van der Waals surface area contributed by atoms with Crippen molar-refractivity contribution in [2.75, 3.05) is 26.4 Å². The highest BCUT2D eigenvalue weighted by atomic mass is 32.1. The maximum Gasteiger partial charge on any atom is 0.354 e. The lowest BCUT2D eigenvalue weighted by Crippen LogP contribution is -2.37. The van der Waals surface area contributed by atoms with Gasteiger partial charge in [0.25, 0.3) is 0 Å². The van der Waals surface area contributed by atoms with Crippen LogP contribution in [0.5, 0.6) is 5.88 Å². The third kappa shape index (κ3) is 11.5. The van der Waals surface area contributed by atoms with Gasteiger partial charge in [-0.15, -0.1) is 11.3 Å². The van der Waals surface area contributed by atoms with E-state index < -0.39 is 5.97 Å². The van der Waals surface area contributed by atoms with Crippen molar-refractivity contribution in [3.05, 3.63) is 40.0 Å². The Morgan fingerprint density at radius 3 is 2.38 bits per heavy atom. The van der Waals surface area contributed by atoms with Crippen LogP contribution in [0.3, 0.4) is 0 Å². The van der Waals surface area contributed by atoms with Crippen molar-refractivity contribution < 1.29 is 19.4 Å². The van der Waals surface area contributed by atoms with Crippen LogP contribution in [0, 0.1) is 5.92 Å². The van der Waals surface area contributed by atoms with Gasteiger partial charge in [0.05, 0.1) is 12.1 Å². The van der Waals surface area contributed by atoms with Crippen LogP contribution in [0.2, 0.25) is 0 Å². The Balaban J connectivity index is 0.000000216. The van der Waals surface area contributed by atoms with Crippen LogP contribution in [0.4, 0.5) is 0 Å². The normalized spacial score (nSPS) is 16.0. The predicted octanol–water partition coefficient (Wildman–Crippen LogP) is 7.57. The number of carbonyl (C=O) groups is 1. The first-order chi connectivity index (χ1) is 18.9. The first kappa shape index (κ1) is 31.5. The van der Waals surface area contributed by atoms with E-state index in [-0.39, 0.29) is 11.2 Å². The molecule has 2 aliphatic rings. The van der Waals surface area contributed by atoms with Crippen LogP contribution in [-0.4, -0.2) is 47.4 Å². The molecule has 1 saturated heterocycles. The fourth-order valence-corrected chi connectivity index (χ4v) is 5.49. The number of nitrogens with zero attached hydrogens (tertiary/aromatic N) is 2. The number of rotatable bonds is 16. The Hall–Kier alpha value is -2.03. The quantitative estimate of drug-likeness (QED) is 0.205. The molecule has 2 aromatic rings.